The van der Waals surface area contributed by atoms with Crippen molar-refractivity contribution in [3.8, 4) is 0 Å². The van der Waals surface area contributed by atoms with Crippen molar-refractivity contribution < 1.29 is 5.11 Å². The van der Waals surface area contributed by atoms with E-state index in [1.54, 1.807) is 0 Å². The normalized spacial score (nSPS) is 41.6. The number of hydrogen-bond acceptors (Lipinski definition) is 3. The molecule has 3 fully saturated rings. The summed E-state index contributed by atoms with van der Waals surface area (Å²) in [5.74, 6) is 0. The van der Waals surface area contributed by atoms with Crippen molar-refractivity contribution in [1.82, 2.24) is 4.90 Å². The molecular weight excluding hydrogens is 212 g/mol. The molecule has 2 saturated heterocycles. The molecule has 0 aromatic carbocycles. The average molecular weight is 238 g/mol. The van der Waals surface area contributed by atoms with Gasteiger partial charge in [0.2, 0.25) is 0 Å². The van der Waals surface area contributed by atoms with Crippen molar-refractivity contribution in [3.63, 3.8) is 0 Å². The van der Waals surface area contributed by atoms with Crippen LogP contribution in [0.1, 0.15) is 57.8 Å². The Labute approximate surface area is 104 Å². The lowest BCUT2D eigenvalue weighted by Gasteiger charge is -2.43. The maximum absolute atomic E-state index is 10.7. The highest BCUT2D eigenvalue weighted by molar-refractivity contribution is 4.99. The number of aliphatic hydroxyl groups is 1. The first-order valence-electron chi connectivity index (χ1n) is 7.40. The van der Waals surface area contributed by atoms with Crippen LogP contribution in [0.5, 0.6) is 0 Å². The van der Waals surface area contributed by atoms with Crippen LogP contribution in [0.4, 0.5) is 0 Å². The van der Waals surface area contributed by atoms with E-state index < -0.39 is 0 Å². The first-order valence-corrected chi connectivity index (χ1v) is 7.40. The summed E-state index contributed by atoms with van der Waals surface area (Å²) >= 11 is 0. The largest absolute Gasteiger partial charge is 0.389 e. The fourth-order valence-corrected chi connectivity index (χ4v) is 4.28. The van der Waals surface area contributed by atoms with Crippen LogP contribution in [-0.4, -0.2) is 40.3 Å². The van der Waals surface area contributed by atoms with Crippen molar-refractivity contribution in [2.75, 3.05) is 6.54 Å². The number of piperidine rings is 1. The molecule has 0 aromatic rings. The predicted molar refractivity (Wildman–Crippen MR) is 68.8 cm³/mol. The Balaban J connectivity index is 1.65. The molecule has 2 bridgehead atoms. The summed E-state index contributed by atoms with van der Waals surface area (Å²) in [5.41, 5.74) is 5.71. The first-order chi connectivity index (χ1) is 8.16. The quantitative estimate of drug-likeness (QED) is 0.769. The number of fused-ring (bicyclic) bond motifs is 2. The van der Waals surface area contributed by atoms with Crippen molar-refractivity contribution >= 4 is 0 Å². The summed E-state index contributed by atoms with van der Waals surface area (Å²) in [5, 5.41) is 10.7. The third-order valence-electron chi connectivity index (χ3n) is 5.18. The molecule has 98 valence electrons. The maximum atomic E-state index is 10.7. The molecule has 0 spiro atoms. The van der Waals surface area contributed by atoms with E-state index in [0.717, 1.165) is 32.2 Å². The van der Waals surface area contributed by atoms with E-state index in [1.807, 2.05) is 0 Å². The third-order valence-corrected chi connectivity index (χ3v) is 5.18. The number of nitrogens with two attached hydrogens (primary N) is 1. The molecule has 0 aromatic heterocycles. The second-order valence-electron chi connectivity index (χ2n) is 6.57. The number of nitrogens with zero attached hydrogens (tertiary/aromatic N) is 1. The minimum atomic E-state index is -0.388. The molecule has 0 amide bonds. The Morgan fingerprint density at radius 3 is 2.24 bits per heavy atom. The zero-order valence-corrected chi connectivity index (χ0v) is 10.8. The van der Waals surface area contributed by atoms with Crippen LogP contribution in [0.3, 0.4) is 0 Å². The van der Waals surface area contributed by atoms with Crippen LogP contribution in [0, 0.1) is 0 Å². The molecule has 3 rings (SSSR count). The fraction of sp³-hybridized carbons (Fsp3) is 1.00. The molecule has 2 unspecified atom stereocenters. The van der Waals surface area contributed by atoms with E-state index in [9.17, 15) is 5.11 Å². The van der Waals surface area contributed by atoms with Gasteiger partial charge in [0.15, 0.2) is 0 Å². The fourth-order valence-electron chi connectivity index (χ4n) is 4.28. The van der Waals surface area contributed by atoms with Gasteiger partial charge in [-0.05, 0) is 38.5 Å². The van der Waals surface area contributed by atoms with Gasteiger partial charge in [-0.25, -0.2) is 0 Å². The molecule has 3 N–H and O–H groups in total. The van der Waals surface area contributed by atoms with Gasteiger partial charge in [-0.2, -0.15) is 0 Å². The van der Waals surface area contributed by atoms with E-state index in [1.165, 1.54) is 32.1 Å². The minimum absolute atomic E-state index is 0.388. The molecule has 0 radical (unpaired) electrons. The van der Waals surface area contributed by atoms with Gasteiger partial charge in [-0.3, -0.25) is 4.90 Å². The Bertz CT molecular complexity index is 261. The molecule has 2 atom stereocenters. The van der Waals surface area contributed by atoms with Crippen LogP contribution in [0.2, 0.25) is 0 Å². The average Bonchev–Trinajstić information content (AvgIpc) is 2.54. The molecule has 3 nitrogen and oxygen atoms in total. The Morgan fingerprint density at radius 1 is 1.06 bits per heavy atom. The van der Waals surface area contributed by atoms with Crippen LogP contribution >= 0.6 is 0 Å². The second kappa shape index (κ2) is 4.52. The predicted octanol–water partition coefficient (Wildman–Crippen LogP) is 1.64. The summed E-state index contributed by atoms with van der Waals surface area (Å²) in [6.45, 7) is 0.912. The van der Waals surface area contributed by atoms with E-state index in [0.29, 0.717) is 18.1 Å². The molecule has 2 aliphatic heterocycles. The summed E-state index contributed by atoms with van der Waals surface area (Å²) in [4.78, 5) is 2.59. The van der Waals surface area contributed by atoms with Gasteiger partial charge in [-0.1, -0.05) is 19.3 Å². The van der Waals surface area contributed by atoms with E-state index in [2.05, 4.69) is 4.90 Å². The van der Waals surface area contributed by atoms with Crippen LogP contribution < -0.4 is 5.73 Å². The minimum Gasteiger partial charge on any atom is -0.389 e. The maximum Gasteiger partial charge on any atom is 0.0774 e. The van der Waals surface area contributed by atoms with Gasteiger partial charge in [0.25, 0.3) is 0 Å². The zero-order chi connectivity index (χ0) is 11.9. The summed E-state index contributed by atoms with van der Waals surface area (Å²) < 4.78 is 0. The van der Waals surface area contributed by atoms with Crippen molar-refractivity contribution in [2.24, 2.45) is 5.73 Å². The van der Waals surface area contributed by atoms with Gasteiger partial charge in [0.05, 0.1) is 5.60 Å². The van der Waals surface area contributed by atoms with Gasteiger partial charge in [0, 0.05) is 24.7 Å². The lowest BCUT2D eigenvalue weighted by atomic mass is 9.83. The Morgan fingerprint density at radius 2 is 1.65 bits per heavy atom. The van der Waals surface area contributed by atoms with Crippen LogP contribution in [-0.2, 0) is 0 Å². The van der Waals surface area contributed by atoms with Gasteiger partial charge in [-0.15, -0.1) is 0 Å². The second-order valence-corrected chi connectivity index (χ2v) is 6.57. The Hall–Kier alpha value is -0.120. The van der Waals surface area contributed by atoms with Crippen molar-refractivity contribution in [3.05, 3.63) is 0 Å². The third kappa shape index (κ3) is 2.38. The highest BCUT2D eigenvalue weighted by Crippen LogP contribution is 2.38. The van der Waals surface area contributed by atoms with Crippen molar-refractivity contribution in [2.45, 2.75) is 81.5 Å². The molecule has 3 heteroatoms. The van der Waals surface area contributed by atoms with Gasteiger partial charge in [0.1, 0.15) is 0 Å². The summed E-state index contributed by atoms with van der Waals surface area (Å²) in [6, 6.07) is 1.73. The van der Waals surface area contributed by atoms with Crippen LogP contribution in [0.15, 0.2) is 0 Å². The molecular formula is C14H26N2O. The van der Waals surface area contributed by atoms with Crippen molar-refractivity contribution in [1.29, 1.82) is 0 Å². The molecule has 17 heavy (non-hydrogen) atoms. The van der Waals surface area contributed by atoms with E-state index in [4.69, 9.17) is 5.73 Å². The standard InChI is InChI=1S/C14H26N2O/c15-11-8-12-4-5-13(9-11)16(12)10-14(17)6-2-1-3-7-14/h11-13,17H,1-10,15H2. The lowest BCUT2D eigenvalue weighted by Crippen LogP contribution is -2.53. The topological polar surface area (TPSA) is 49.5 Å². The number of hydrogen-bond donors (Lipinski definition) is 2. The number of rotatable bonds is 2. The molecule has 3 aliphatic rings. The highest BCUT2D eigenvalue weighted by atomic mass is 16.3. The first kappa shape index (κ1) is 11.9. The molecule has 1 aliphatic carbocycles. The highest BCUT2D eigenvalue weighted by Gasteiger charge is 2.43. The van der Waals surface area contributed by atoms with E-state index >= 15 is 0 Å². The monoisotopic (exact) mass is 238 g/mol. The summed E-state index contributed by atoms with van der Waals surface area (Å²) in [7, 11) is 0. The molecule has 1 saturated carbocycles. The molecule has 2 heterocycles. The smallest absolute Gasteiger partial charge is 0.0774 e. The van der Waals surface area contributed by atoms with E-state index in [-0.39, 0.29) is 5.60 Å². The van der Waals surface area contributed by atoms with Gasteiger partial charge < -0.3 is 10.8 Å². The summed E-state index contributed by atoms with van der Waals surface area (Å²) in [6.07, 6.45) is 10.6. The van der Waals surface area contributed by atoms with Gasteiger partial charge >= 0.3 is 0 Å². The SMILES string of the molecule is NC1CC2CCC(C1)N2CC1(O)CCCCC1. The Kier molecular flexibility index (Phi) is 3.18. The van der Waals surface area contributed by atoms with Crippen LogP contribution in [0.25, 0.3) is 0 Å². The lowest BCUT2D eigenvalue weighted by molar-refractivity contribution is -0.0461. The zero-order valence-electron chi connectivity index (χ0n) is 10.8.